The van der Waals surface area contributed by atoms with Crippen molar-refractivity contribution < 1.29 is 0 Å². The van der Waals surface area contributed by atoms with Gasteiger partial charge in [-0.2, -0.15) is 0 Å². The van der Waals surface area contributed by atoms with Gasteiger partial charge in [-0.3, -0.25) is 9.36 Å². The van der Waals surface area contributed by atoms with E-state index in [0.717, 1.165) is 15.4 Å². The van der Waals surface area contributed by atoms with Crippen LogP contribution in [0.25, 0.3) is 10.9 Å². The summed E-state index contributed by atoms with van der Waals surface area (Å²) in [7, 11) is 0. The lowest BCUT2D eigenvalue weighted by molar-refractivity contribution is 0.596. The lowest BCUT2D eigenvalue weighted by atomic mass is 10.2. The second kappa shape index (κ2) is 4.96. The predicted molar refractivity (Wildman–Crippen MR) is 84.1 cm³/mol. The minimum absolute atomic E-state index is 0.0790. The molecule has 20 heavy (non-hydrogen) atoms. The van der Waals surface area contributed by atoms with Gasteiger partial charge in [0.2, 0.25) is 0 Å². The summed E-state index contributed by atoms with van der Waals surface area (Å²) in [5.74, 6) is 0. The summed E-state index contributed by atoms with van der Waals surface area (Å²) in [4.78, 5) is 21.2. The third-order valence-corrected chi connectivity index (χ3v) is 4.60. The number of nitrogens with zero attached hydrogens (tertiary/aromatic N) is 2. The Morgan fingerprint density at radius 3 is 2.85 bits per heavy atom. The molecule has 0 aliphatic carbocycles. The Morgan fingerprint density at radius 2 is 2.15 bits per heavy atom. The molecule has 102 valence electrons. The number of aromatic amines is 1. The fourth-order valence-electron chi connectivity index (χ4n) is 2.20. The summed E-state index contributed by atoms with van der Waals surface area (Å²) in [6.45, 7) is 3.94. The summed E-state index contributed by atoms with van der Waals surface area (Å²) in [6, 6.07) is 7.22. The molecule has 1 unspecified atom stereocenters. The van der Waals surface area contributed by atoms with Crippen LogP contribution in [0, 0.1) is 11.7 Å². The molecule has 3 aromatic rings. The quantitative estimate of drug-likeness (QED) is 0.738. The van der Waals surface area contributed by atoms with Crippen LogP contribution in [0.2, 0.25) is 0 Å². The maximum atomic E-state index is 12.6. The molecule has 0 amide bonds. The van der Waals surface area contributed by atoms with E-state index in [2.05, 4.69) is 9.97 Å². The second-order valence-electron chi connectivity index (χ2n) is 4.64. The zero-order valence-electron chi connectivity index (χ0n) is 11.1. The number of para-hydroxylation sites is 1. The zero-order valence-corrected chi connectivity index (χ0v) is 12.7. The van der Waals surface area contributed by atoms with Crippen molar-refractivity contribution in [2.75, 3.05) is 0 Å². The van der Waals surface area contributed by atoms with Gasteiger partial charge in [-0.1, -0.05) is 12.1 Å². The summed E-state index contributed by atoms with van der Waals surface area (Å²) < 4.78 is 2.02. The van der Waals surface area contributed by atoms with Crippen LogP contribution < -0.4 is 5.56 Å². The molecule has 1 N–H and O–H groups in total. The average Bonchev–Trinajstić information content (AvgIpc) is 2.85. The summed E-state index contributed by atoms with van der Waals surface area (Å²) in [5, 5.41) is 1.53. The lowest BCUT2D eigenvalue weighted by Gasteiger charge is -2.13. The summed E-state index contributed by atoms with van der Waals surface area (Å²) in [6.07, 6.45) is 1.81. The van der Waals surface area contributed by atoms with E-state index < -0.39 is 0 Å². The van der Waals surface area contributed by atoms with Gasteiger partial charge in [-0.15, -0.1) is 11.3 Å². The van der Waals surface area contributed by atoms with Crippen LogP contribution >= 0.6 is 23.6 Å². The number of hydrogen-bond acceptors (Lipinski definition) is 4. The molecule has 0 saturated carbocycles. The van der Waals surface area contributed by atoms with Crippen LogP contribution in [-0.2, 0) is 0 Å². The van der Waals surface area contributed by atoms with E-state index in [4.69, 9.17) is 12.2 Å². The molecule has 1 aromatic carbocycles. The molecule has 0 aliphatic rings. The molecule has 0 radical (unpaired) electrons. The van der Waals surface area contributed by atoms with Crippen molar-refractivity contribution in [2.45, 2.75) is 19.9 Å². The van der Waals surface area contributed by atoms with Gasteiger partial charge < -0.3 is 4.98 Å². The highest BCUT2D eigenvalue weighted by atomic mass is 32.1. The van der Waals surface area contributed by atoms with E-state index in [-0.39, 0.29) is 11.6 Å². The third kappa shape index (κ3) is 2.10. The monoisotopic (exact) mass is 303 g/mol. The SMILES string of the molecule is Cc1cnc(C(C)n2c(=S)[nH]c3ccccc3c2=O)s1. The van der Waals surface area contributed by atoms with Crippen LogP contribution in [0.5, 0.6) is 0 Å². The van der Waals surface area contributed by atoms with E-state index in [1.807, 2.05) is 38.2 Å². The molecule has 0 fully saturated rings. The topological polar surface area (TPSA) is 50.7 Å². The summed E-state index contributed by atoms with van der Waals surface area (Å²) >= 11 is 6.92. The maximum absolute atomic E-state index is 12.6. The van der Waals surface area contributed by atoms with E-state index in [1.165, 1.54) is 0 Å². The van der Waals surface area contributed by atoms with Crippen LogP contribution in [0.15, 0.2) is 35.3 Å². The average molecular weight is 303 g/mol. The van der Waals surface area contributed by atoms with Crippen molar-refractivity contribution in [1.29, 1.82) is 0 Å². The molecule has 2 aromatic heterocycles. The third-order valence-electron chi connectivity index (χ3n) is 3.22. The molecule has 2 heterocycles. The second-order valence-corrected chi connectivity index (χ2v) is 6.29. The van der Waals surface area contributed by atoms with Crippen LogP contribution in [-0.4, -0.2) is 14.5 Å². The molecular formula is C14H13N3OS2. The Hall–Kier alpha value is -1.79. The number of fused-ring (bicyclic) bond motifs is 1. The molecule has 0 spiro atoms. The Bertz CT molecular complexity index is 891. The number of H-pyrrole nitrogens is 1. The van der Waals surface area contributed by atoms with Gasteiger partial charge >= 0.3 is 0 Å². The molecule has 6 heteroatoms. The molecule has 3 rings (SSSR count). The Labute approximate surface area is 124 Å². The molecule has 1 atom stereocenters. The van der Waals surface area contributed by atoms with Gasteiger partial charge in [0.05, 0.1) is 16.9 Å². The van der Waals surface area contributed by atoms with E-state index in [0.29, 0.717) is 10.2 Å². The first kappa shape index (κ1) is 13.2. The van der Waals surface area contributed by atoms with Gasteiger partial charge in [0, 0.05) is 11.1 Å². The van der Waals surface area contributed by atoms with Gasteiger partial charge in [-0.05, 0) is 38.2 Å². The van der Waals surface area contributed by atoms with Crippen LogP contribution in [0.4, 0.5) is 0 Å². The molecular weight excluding hydrogens is 290 g/mol. The number of thiazole rings is 1. The number of rotatable bonds is 2. The van der Waals surface area contributed by atoms with E-state index >= 15 is 0 Å². The molecule has 0 saturated heterocycles. The number of benzene rings is 1. The Kier molecular flexibility index (Phi) is 3.27. The first-order valence-electron chi connectivity index (χ1n) is 6.24. The predicted octanol–water partition coefficient (Wildman–Crippen LogP) is 3.43. The number of aryl methyl sites for hydroxylation is 1. The van der Waals surface area contributed by atoms with Crippen molar-refractivity contribution in [1.82, 2.24) is 14.5 Å². The Balaban J connectivity index is 2.26. The number of aromatic nitrogens is 3. The first-order chi connectivity index (χ1) is 9.58. The minimum Gasteiger partial charge on any atom is -0.332 e. The fourth-order valence-corrected chi connectivity index (χ4v) is 3.37. The van der Waals surface area contributed by atoms with Crippen LogP contribution in [0.3, 0.4) is 0 Å². The highest BCUT2D eigenvalue weighted by Crippen LogP contribution is 2.22. The van der Waals surface area contributed by atoms with E-state index in [9.17, 15) is 4.79 Å². The lowest BCUT2D eigenvalue weighted by Crippen LogP contribution is -2.25. The van der Waals surface area contributed by atoms with Crippen molar-refractivity contribution in [2.24, 2.45) is 0 Å². The number of nitrogens with one attached hydrogen (secondary N) is 1. The van der Waals surface area contributed by atoms with Gasteiger partial charge in [0.15, 0.2) is 4.77 Å². The standard InChI is InChI=1S/C14H13N3OS2/c1-8-7-15-12(20-8)9(2)17-13(18)10-5-3-4-6-11(10)16-14(17)19/h3-7,9H,1-2H3,(H,16,19). The minimum atomic E-state index is -0.172. The maximum Gasteiger partial charge on any atom is 0.262 e. The van der Waals surface area contributed by atoms with Gasteiger partial charge in [0.1, 0.15) is 5.01 Å². The van der Waals surface area contributed by atoms with Crippen molar-refractivity contribution >= 4 is 34.5 Å². The summed E-state index contributed by atoms with van der Waals surface area (Å²) in [5.41, 5.74) is 0.686. The molecule has 0 aliphatic heterocycles. The van der Waals surface area contributed by atoms with E-state index in [1.54, 1.807) is 22.0 Å². The van der Waals surface area contributed by atoms with Gasteiger partial charge in [-0.25, -0.2) is 4.98 Å². The highest BCUT2D eigenvalue weighted by molar-refractivity contribution is 7.71. The highest BCUT2D eigenvalue weighted by Gasteiger charge is 2.16. The Morgan fingerprint density at radius 1 is 1.40 bits per heavy atom. The normalized spacial score (nSPS) is 12.7. The van der Waals surface area contributed by atoms with Crippen molar-refractivity contribution in [3.63, 3.8) is 0 Å². The number of hydrogen-bond donors (Lipinski definition) is 1. The van der Waals surface area contributed by atoms with Crippen molar-refractivity contribution in [3.05, 3.63) is 55.5 Å². The molecule has 0 bridgehead atoms. The smallest absolute Gasteiger partial charge is 0.262 e. The first-order valence-corrected chi connectivity index (χ1v) is 7.46. The zero-order chi connectivity index (χ0) is 14.3. The largest absolute Gasteiger partial charge is 0.332 e. The van der Waals surface area contributed by atoms with Gasteiger partial charge in [0.25, 0.3) is 5.56 Å². The fraction of sp³-hybridized carbons (Fsp3) is 0.214. The van der Waals surface area contributed by atoms with Crippen molar-refractivity contribution in [3.8, 4) is 0 Å². The van der Waals surface area contributed by atoms with Crippen LogP contribution in [0.1, 0.15) is 22.9 Å². The molecule has 4 nitrogen and oxygen atoms in total.